The van der Waals surface area contributed by atoms with Crippen LogP contribution in [0, 0.1) is 0 Å². The van der Waals surface area contributed by atoms with Gasteiger partial charge in [-0.05, 0) is 0 Å². The molecule has 0 unspecified atom stereocenters. The summed E-state index contributed by atoms with van der Waals surface area (Å²) in [6.07, 6.45) is 0. The first kappa shape index (κ1) is 28.7. The van der Waals surface area contributed by atoms with Crippen LogP contribution in [0.2, 0.25) is 0 Å². The van der Waals surface area contributed by atoms with E-state index in [2.05, 4.69) is 21.3 Å². The number of nitrogens with one attached hydrogen (secondary N) is 4. The van der Waals surface area contributed by atoms with Crippen LogP contribution in [0.3, 0.4) is 0 Å². The predicted octanol–water partition coefficient (Wildman–Crippen LogP) is -4.34. The second-order valence-electron chi connectivity index (χ2n) is 6.30. The highest BCUT2D eigenvalue weighted by atomic mass is 16.5. The summed E-state index contributed by atoms with van der Waals surface area (Å²) in [7, 11) is 5.63. The first-order chi connectivity index (χ1) is 15.2. The van der Waals surface area contributed by atoms with Crippen molar-refractivity contribution < 1.29 is 38.2 Å². The smallest absolute Gasteiger partial charge is 0.249 e. The van der Waals surface area contributed by atoms with Crippen LogP contribution in [0.4, 0.5) is 0 Å². The van der Waals surface area contributed by atoms with Crippen molar-refractivity contribution >= 4 is 35.4 Å². The van der Waals surface area contributed by atoms with Gasteiger partial charge in [0.25, 0.3) is 0 Å². The number of amides is 6. The van der Waals surface area contributed by atoms with E-state index in [4.69, 9.17) is 9.47 Å². The van der Waals surface area contributed by atoms with Gasteiger partial charge in [0.15, 0.2) is 0 Å². The van der Waals surface area contributed by atoms with Crippen LogP contribution in [0.1, 0.15) is 0 Å². The van der Waals surface area contributed by atoms with Gasteiger partial charge in [0.1, 0.15) is 39.4 Å². The molecule has 0 heterocycles. The summed E-state index contributed by atoms with van der Waals surface area (Å²) >= 11 is 0. The zero-order valence-electron chi connectivity index (χ0n) is 18.8. The van der Waals surface area contributed by atoms with E-state index in [0.717, 1.165) is 9.80 Å². The Morgan fingerprint density at radius 3 is 1.00 bits per heavy atom. The molecule has 32 heavy (non-hydrogen) atoms. The molecule has 6 amide bonds. The van der Waals surface area contributed by atoms with Gasteiger partial charge in [-0.1, -0.05) is 0 Å². The van der Waals surface area contributed by atoms with Gasteiger partial charge in [0, 0.05) is 28.2 Å². The van der Waals surface area contributed by atoms with Crippen molar-refractivity contribution in [2.45, 2.75) is 0 Å². The van der Waals surface area contributed by atoms with Crippen molar-refractivity contribution in [3.05, 3.63) is 0 Å². The molecule has 0 saturated carbocycles. The number of hydrogen-bond acceptors (Lipinski definition) is 8. The highest BCUT2D eigenvalue weighted by molar-refractivity contribution is 5.90. The van der Waals surface area contributed by atoms with Crippen LogP contribution < -0.4 is 21.3 Å². The molecule has 0 saturated heterocycles. The summed E-state index contributed by atoms with van der Waals surface area (Å²) in [6, 6.07) is 0. The van der Waals surface area contributed by atoms with Crippen molar-refractivity contribution in [2.75, 3.05) is 80.8 Å². The summed E-state index contributed by atoms with van der Waals surface area (Å²) in [6.45, 7) is -2.09. The normalized spacial score (nSPS) is 10.0. The molecule has 0 aliphatic heterocycles. The molecule has 0 bridgehead atoms. The third-order valence-corrected chi connectivity index (χ3v) is 3.98. The largest absolute Gasteiger partial charge is 0.369 e. The fourth-order valence-corrected chi connectivity index (χ4v) is 2.09. The molecule has 0 radical (unpaired) electrons. The van der Waals surface area contributed by atoms with E-state index >= 15 is 0 Å². The van der Waals surface area contributed by atoms with Crippen molar-refractivity contribution in [1.82, 2.24) is 31.1 Å². The Morgan fingerprint density at radius 2 is 0.781 bits per heavy atom. The Balaban J connectivity index is 4.44. The molecule has 0 fully saturated rings. The van der Waals surface area contributed by atoms with Crippen LogP contribution in [-0.2, 0) is 38.2 Å². The van der Waals surface area contributed by atoms with Crippen LogP contribution in [0.15, 0.2) is 0 Å². The van der Waals surface area contributed by atoms with Gasteiger partial charge in [-0.25, -0.2) is 0 Å². The monoisotopic (exact) mass is 460 g/mol. The van der Waals surface area contributed by atoms with Crippen LogP contribution in [0.5, 0.6) is 0 Å². The molecule has 0 aliphatic carbocycles. The van der Waals surface area contributed by atoms with Gasteiger partial charge in [0.05, 0.1) is 13.2 Å². The summed E-state index contributed by atoms with van der Waals surface area (Å²) < 4.78 is 10.4. The predicted molar refractivity (Wildman–Crippen MR) is 111 cm³/mol. The second kappa shape index (κ2) is 16.4. The molecule has 0 spiro atoms. The van der Waals surface area contributed by atoms with Crippen LogP contribution in [-0.4, -0.2) is 126 Å². The minimum atomic E-state index is -0.574. The molecular weight excluding hydrogens is 428 g/mol. The van der Waals surface area contributed by atoms with E-state index in [1.165, 1.54) is 28.2 Å². The van der Waals surface area contributed by atoms with Gasteiger partial charge in [-0.2, -0.15) is 0 Å². The van der Waals surface area contributed by atoms with E-state index in [-0.39, 0.29) is 39.4 Å². The summed E-state index contributed by atoms with van der Waals surface area (Å²) in [4.78, 5) is 72.6. The zero-order valence-corrected chi connectivity index (χ0v) is 18.8. The topological polar surface area (TPSA) is 175 Å². The van der Waals surface area contributed by atoms with E-state index < -0.39 is 48.7 Å². The summed E-state index contributed by atoms with van der Waals surface area (Å²) in [5, 5.41) is 9.46. The maximum absolute atomic E-state index is 12.2. The number of rotatable bonds is 15. The number of carbonyl (C=O) groups excluding carboxylic acids is 6. The van der Waals surface area contributed by atoms with E-state index in [1.54, 1.807) is 0 Å². The fourth-order valence-electron chi connectivity index (χ4n) is 2.09. The molecule has 4 N–H and O–H groups in total. The first-order valence-electron chi connectivity index (χ1n) is 9.71. The fraction of sp³-hybridized carbons (Fsp3) is 0.667. The molecule has 0 atom stereocenters. The Bertz CT molecular complexity index is 580. The lowest BCUT2D eigenvalue weighted by atomic mass is 10.4. The van der Waals surface area contributed by atoms with E-state index in [0.29, 0.717) is 0 Å². The number of nitrogens with zero attached hydrogens (tertiary/aromatic N) is 2. The number of ether oxygens (including phenoxy) is 2. The lowest BCUT2D eigenvalue weighted by molar-refractivity contribution is -0.144. The Morgan fingerprint density at radius 1 is 0.531 bits per heavy atom. The van der Waals surface area contributed by atoms with E-state index in [9.17, 15) is 28.8 Å². The molecule has 0 aromatic carbocycles. The SMILES string of the molecule is CNC(=O)CN(CC(=O)NC)C(=O)COCCOCC(=O)N(CC(=O)NC)CC(=O)NC. The first-order valence-corrected chi connectivity index (χ1v) is 9.71. The molecule has 14 nitrogen and oxygen atoms in total. The van der Waals surface area contributed by atoms with E-state index in [1.807, 2.05) is 0 Å². The van der Waals surface area contributed by atoms with Crippen molar-refractivity contribution in [2.24, 2.45) is 0 Å². The van der Waals surface area contributed by atoms with Crippen molar-refractivity contribution in [1.29, 1.82) is 0 Å². The Kier molecular flexibility index (Phi) is 14.8. The van der Waals surface area contributed by atoms with Gasteiger partial charge in [0.2, 0.25) is 35.4 Å². The maximum Gasteiger partial charge on any atom is 0.249 e. The highest BCUT2D eigenvalue weighted by Crippen LogP contribution is 1.94. The minimum absolute atomic E-state index is 0.0439. The van der Waals surface area contributed by atoms with Gasteiger partial charge >= 0.3 is 0 Å². The molecular formula is C18H32N6O8. The summed E-state index contributed by atoms with van der Waals surface area (Å²) in [5.74, 6) is -2.92. The number of hydrogen-bond donors (Lipinski definition) is 4. The van der Waals surface area contributed by atoms with Gasteiger partial charge in [-0.15, -0.1) is 0 Å². The molecule has 0 rings (SSSR count). The van der Waals surface area contributed by atoms with Gasteiger partial charge in [-0.3, -0.25) is 28.8 Å². The standard InChI is InChI=1S/C18H32N6O8/c1-19-13(25)7-23(8-14(26)20-2)17(29)11-31-5-6-32-12-18(30)24(9-15(27)21-3)10-16(28)22-4/h5-12H2,1-4H3,(H,19,25)(H,20,26)(H,21,27)(H,22,28). The van der Waals surface area contributed by atoms with Crippen molar-refractivity contribution in [3.63, 3.8) is 0 Å². The quantitative estimate of drug-likeness (QED) is 0.177. The number of likely N-dealkylation sites (N-methyl/N-ethyl adjacent to an activating group) is 4. The van der Waals surface area contributed by atoms with Crippen LogP contribution >= 0.6 is 0 Å². The zero-order chi connectivity index (χ0) is 24.5. The average molecular weight is 460 g/mol. The lowest BCUT2D eigenvalue weighted by Crippen LogP contribution is -2.46. The Labute approximate surface area is 186 Å². The Hall–Kier alpha value is -3.26. The number of carbonyl (C=O) groups is 6. The van der Waals surface area contributed by atoms with Crippen molar-refractivity contribution in [3.8, 4) is 0 Å². The van der Waals surface area contributed by atoms with Gasteiger partial charge < -0.3 is 40.5 Å². The molecule has 0 aliphatic rings. The molecule has 0 aromatic rings. The highest BCUT2D eigenvalue weighted by Gasteiger charge is 2.20. The second-order valence-corrected chi connectivity index (χ2v) is 6.30. The lowest BCUT2D eigenvalue weighted by Gasteiger charge is -2.21. The molecule has 0 aromatic heterocycles. The third-order valence-electron chi connectivity index (χ3n) is 3.98. The minimum Gasteiger partial charge on any atom is -0.369 e. The summed E-state index contributed by atoms with van der Waals surface area (Å²) in [5.41, 5.74) is 0. The third kappa shape index (κ3) is 12.4. The molecule has 182 valence electrons. The van der Waals surface area contributed by atoms with Crippen LogP contribution in [0.25, 0.3) is 0 Å². The average Bonchev–Trinajstić information content (AvgIpc) is 2.79. The molecule has 14 heteroatoms. The maximum atomic E-state index is 12.2.